The Balaban J connectivity index is 1.16. The zero-order chi connectivity index (χ0) is 43.6. The number of likely N-dealkylation sites (tertiary alicyclic amines) is 1. The van der Waals surface area contributed by atoms with Gasteiger partial charge in [0, 0.05) is 17.8 Å². The van der Waals surface area contributed by atoms with Gasteiger partial charge in [-0.05, 0) is 76.1 Å². The standard InChI is InChI=1S/C44H54BrIN8O6/c1-22(2)31(20-48-43(57)59-8)41(55)53(33-18-24(33)5)26(7)39-50-36(37(45)52-39)30-16-12-28(13-17-30)27-10-14-29(15-11-27)32-21-47-40(49-32)34-19-25(6)38(46)54(34)42(56)35(23(3)4)51-44(58)60-9/h10-17,20-26,31,33-35,38H,18-19H2,1-9H3,(H,47,49)(H,50,52)(H,51,58)/t24-,25+,26-,31?,33+,34-,35-,38-/m0/s1. The van der Waals surface area contributed by atoms with E-state index in [2.05, 4.69) is 102 Å². The molecule has 2 aromatic carbocycles. The number of hydrogen-bond acceptors (Lipinski definition) is 8. The molecule has 4 amide bonds. The van der Waals surface area contributed by atoms with Crippen molar-refractivity contribution in [2.45, 2.75) is 89.5 Å². The number of nitrogens with zero attached hydrogens (tertiary/aromatic N) is 5. The van der Waals surface area contributed by atoms with Crippen LogP contribution in [0.25, 0.3) is 33.6 Å². The van der Waals surface area contributed by atoms with Gasteiger partial charge in [0.2, 0.25) is 11.8 Å². The van der Waals surface area contributed by atoms with Gasteiger partial charge < -0.3 is 34.6 Å². The summed E-state index contributed by atoms with van der Waals surface area (Å²) < 4.78 is 10.1. The molecule has 0 bridgehead atoms. The molecule has 1 unspecified atom stereocenters. The van der Waals surface area contributed by atoms with E-state index < -0.39 is 24.1 Å². The van der Waals surface area contributed by atoms with E-state index in [9.17, 15) is 19.2 Å². The monoisotopic (exact) mass is 996 g/mol. The van der Waals surface area contributed by atoms with Crippen LogP contribution in [0.1, 0.15) is 85.0 Å². The Hall–Kier alpha value is -4.58. The van der Waals surface area contributed by atoms with Crippen LogP contribution in [0, 0.1) is 29.6 Å². The molecular weight excluding hydrogens is 943 g/mol. The molecule has 0 spiro atoms. The van der Waals surface area contributed by atoms with Crippen molar-refractivity contribution in [2.75, 3.05) is 14.2 Å². The fourth-order valence-electron chi connectivity index (χ4n) is 7.83. The highest BCUT2D eigenvalue weighted by Crippen LogP contribution is 2.44. The van der Waals surface area contributed by atoms with Crippen molar-refractivity contribution in [1.82, 2.24) is 35.1 Å². The molecule has 4 aromatic rings. The van der Waals surface area contributed by atoms with Crippen LogP contribution in [-0.4, -0.2) is 90.3 Å². The lowest BCUT2D eigenvalue weighted by Crippen LogP contribution is -2.52. The van der Waals surface area contributed by atoms with Crippen LogP contribution in [0.2, 0.25) is 0 Å². The van der Waals surface area contributed by atoms with Gasteiger partial charge in [0.05, 0.1) is 48.2 Å². The number of aromatic nitrogens is 4. The summed E-state index contributed by atoms with van der Waals surface area (Å²) in [5.41, 5.74) is 5.52. The lowest BCUT2D eigenvalue weighted by Gasteiger charge is -2.32. The second kappa shape index (κ2) is 19.0. The van der Waals surface area contributed by atoms with E-state index in [-0.39, 0.29) is 51.7 Å². The number of rotatable bonds is 13. The highest BCUT2D eigenvalue weighted by Gasteiger charge is 2.47. The van der Waals surface area contributed by atoms with E-state index in [0.717, 1.165) is 51.1 Å². The van der Waals surface area contributed by atoms with Gasteiger partial charge in [-0.1, -0.05) is 113 Å². The molecular formula is C44H54BrIN8O6. The summed E-state index contributed by atoms with van der Waals surface area (Å²) in [6, 6.07) is 15.1. The Morgan fingerprint density at radius 2 is 1.50 bits per heavy atom. The first kappa shape index (κ1) is 45.0. The molecule has 8 atom stereocenters. The maximum Gasteiger partial charge on any atom is 0.432 e. The van der Waals surface area contributed by atoms with Crippen molar-refractivity contribution in [1.29, 1.82) is 0 Å². The number of carbonyl (C=O) groups excluding carboxylic acids is 4. The Morgan fingerprint density at radius 3 is 2.05 bits per heavy atom. The van der Waals surface area contributed by atoms with E-state index in [1.807, 2.05) is 68.7 Å². The number of amides is 4. The lowest BCUT2D eigenvalue weighted by atomic mass is 9.94. The molecule has 60 heavy (non-hydrogen) atoms. The first-order chi connectivity index (χ1) is 28.5. The van der Waals surface area contributed by atoms with E-state index in [0.29, 0.717) is 17.6 Å². The maximum atomic E-state index is 14.0. The maximum absolute atomic E-state index is 14.0. The van der Waals surface area contributed by atoms with Gasteiger partial charge in [-0.3, -0.25) is 9.59 Å². The van der Waals surface area contributed by atoms with Gasteiger partial charge in [-0.15, -0.1) is 0 Å². The molecule has 6 rings (SSSR count). The van der Waals surface area contributed by atoms with Crippen LogP contribution in [0.3, 0.4) is 0 Å². The Bertz CT molecular complexity index is 2210. The summed E-state index contributed by atoms with van der Waals surface area (Å²) in [6.45, 7) is 13.9. The van der Waals surface area contributed by atoms with E-state index in [4.69, 9.17) is 14.7 Å². The summed E-state index contributed by atoms with van der Waals surface area (Å²) >= 11 is 6.00. The highest BCUT2D eigenvalue weighted by atomic mass is 127. The zero-order valence-electron chi connectivity index (χ0n) is 35.4. The third kappa shape index (κ3) is 9.64. The molecule has 1 aliphatic carbocycles. The molecule has 2 fully saturated rings. The van der Waals surface area contributed by atoms with Crippen LogP contribution < -0.4 is 5.32 Å². The van der Waals surface area contributed by atoms with Crippen molar-refractivity contribution in [3.63, 3.8) is 0 Å². The molecule has 3 heterocycles. The highest BCUT2D eigenvalue weighted by molar-refractivity contribution is 14.1. The molecule has 1 aliphatic heterocycles. The zero-order valence-corrected chi connectivity index (χ0v) is 39.1. The van der Waals surface area contributed by atoms with E-state index >= 15 is 0 Å². The molecule has 2 aromatic heterocycles. The average molecular weight is 998 g/mol. The number of benzene rings is 2. The molecule has 1 saturated heterocycles. The van der Waals surface area contributed by atoms with Gasteiger partial charge in [-0.2, -0.15) is 4.99 Å². The van der Waals surface area contributed by atoms with Crippen molar-refractivity contribution in [2.24, 2.45) is 34.6 Å². The van der Waals surface area contributed by atoms with E-state index in [1.165, 1.54) is 20.4 Å². The Kier molecular flexibility index (Phi) is 14.2. The normalized spacial score (nSPS) is 21.6. The van der Waals surface area contributed by atoms with Crippen LogP contribution >= 0.6 is 38.5 Å². The van der Waals surface area contributed by atoms with Crippen molar-refractivity contribution in [3.8, 4) is 33.6 Å². The predicted octanol–water partition coefficient (Wildman–Crippen LogP) is 9.35. The van der Waals surface area contributed by atoms with Crippen LogP contribution in [0.15, 0.2) is 64.3 Å². The van der Waals surface area contributed by atoms with Gasteiger partial charge in [0.25, 0.3) is 0 Å². The number of carbonyl (C=O) groups is 4. The average Bonchev–Trinajstić information content (AvgIpc) is 3.52. The number of aliphatic imine (C=N–C) groups is 1. The molecule has 320 valence electrons. The van der Waals surface area contributed by atoms with Crippen LogP contribution in [0.5, 0.6) is 0 Å². The summed E-state index contributed by atoms with van der Waals surface area (Å²) in [6.07, 6.45) is 3.48. The lowest BCUT2D eigenvalue weighted by molar-refractivity contribution is -0.138. The SMILES string of the molecule is COC(=O)N=CC(C(=O)N([C@@H]1C[C@@H]1C)[C@@H](C)c1nc(-c2ccc(-c3ccc(-c4cnc([C@@H]5C[C@@H](C)[C@@H](I)N5C(=O)[C@@H](NC(=O)OC)C(C)C)[nH]4)cc3)cc2)c(Br)[nH]1)C(C)C. The summed E-state index contributed by atoms with van der Waals surface area (Å²) in [4.78, 5) is 76.0. The van der Waals surface area contributed by atoms with Crippen LogP contribution in [-0.2, 0) is 19.1 Å². The number of H-pyrrole nitrogens is 2. The summed E-state index contributed by atoms with van der Waals surface area (Å²) in [5, 5.41) is 2.73. The molecule has 0 radical (unpaired) electrons. The van der Waals surface area contributed by atoms with Crippen molar-refractivity contribution < 1.29 is 28.7 Å². The molecule has 16 heteroatoms. The summed E-state index contributed by atoms with van der Waals surface area (Å²) in [5.74, 6) is 0.885. The molecule has 1 saturated carbocycles. The Labute approximate surface area is 373 Å². The van der Waals surface area contributed by atoms with Crippen LogP contribution in [0.4, 0.5) is 9.59 Å². The third-order valence-electron chi connectivity index (χ3n) is 11.6. The number of imidazole rings is 2. The first-order valence-corrected chi connectivity index (χ1v) is 22.3. The number of ether oxygens (including phenoxy) is 2. The minimum absolute atomic E-state index is 0.0649. The number of methoxy groups -OCH3 is 2. The number of nitrogens with one attached hydrogen (secondary N) is 3. The topological polar surface area (TPSA) is 175 Å². The first-order valence-electron chi connectivity index (χ1n) is 20.3. The molecule has 3 N–H and O–H groups in total. The van der Waals surface area contributed by atoms with E-state index in [1.54, 1.807) is 6.20 Å². The summed E-state index contributed by atoms with van der Waals surface area (Å²) in [7, 11) is 2.55. The smallest absolute Gasteiger partial charge is 0.432 e. The fourth-order valence-corrected chi connectivity index (χ4v) is 9.30. The van der Waals surface area contributed by atoms with Gasteiger partial charge in [-0.25, -0.2) is 19.6 Å². The predicted molar refractivity (Wildman–Crippen MR) is 242 cm³/mol. The quantitative estimate of drug-likeness (QED) is 0.0514. The number of halogens is 2. The van der Waals surface area contributed by atoms with Gasteiger partial charge in [0.15, 0.2) is 0 Å². The van der Waals surface area contributed by atoms with Gasteiger partial charge in [0.1, 0.15) is 28.0 Å². The minimum Gasteiger partial charge on any atom is -0.453 e. The second-order valence-electron chi connectivity index (χ2n) is 16.5. The van der Waals surface area contributed by atoms with Crippen molar-refractivity contribution in [3.05, 3.63) is 71.0 Å². The number of alkyl halides is 1. The number of aromatic amines is 2. The number of alkyl carbamates (subject to hydrolysis) is 1. The largest absolute Gasteiger partial charge is 0.453 e. The molecule has 2 aliphatic rings. The van der Waals surface area contributed by atoms with Gasteiger partial charge >= 0.3 is 12.2 Å². The Morgan fingerprint density at radius 1 is 0.900 bits per heavy atom. The van der Waals surface area contributed by atoms with Crippen molar-refractivity contribution >= 4 is 68.7 Å². The second-order valence-corrected chi connectivity index (χ2v) is 18.6. The number of hydrogen-bond donors (Lipinski definition) is 3. The fraction of sp³-hybridized carbons (Fsp3) is 0.477. The third-order valence-corrected chi connectivity index (χ3v) is 14.0. The molecule has 14 nitrogen and oxygen atoms in total. The minimum atomic E-state index is -0.736.